The van der Waals surface area contributed by atoms with Crippen molar-refractivity contribution in [2.45, 2.75) is 26.0 Å². The number of fused-ring (bicyclic) bond motifs is 1. The molecule has 2 aromatic rings. The predicted molar refractivity (Wildman–Crippen MR) is 132 cm³/mol. The monoisotopic (exact) mass is 469 g/mol. The van der Waals surface area contributed by atoms with Gasteiger partial charge in [-0.3, -0.25) is 14.5 Å². The van der Waals surface area contributed by atoms with Gasteiger partial charge in [0.2, 0.25) is 0 Å². The number of carbonyl (C=O) groups is 2. The van der Waals surface area contributed by atoms with Crippen LogP contribution in [0.1, 0.15) is 34.6 Å². The molecule has 3 atom stereocenters. The molecule has 34 heavy (non-hydrogen) atoms. The number of hydrogen-bond donors (Lipinski definition) is 1. The van der Waals surface area contributed by atoms with Gasteiger partial charge in [0.25, 0.3) is 11.8 Å². The molecule has 184 valence electrons. The van der Waals surface area contributed by atoms with Gasteiger partial charge < -0.3 is 24.4 Å². The Bertz CT molecular complexity index is 1010. The first-order chi connectivity index (χ1) is 16.2. The summed E-state index contributed by atoms with van der Waals surface area (Å²) in [5.74, 6) is 0.838. The molecule has 0 aliphatic carbocycles. The summed E-state index contributed by atoms with van der Waals surface area (Å²) < 4.78 is 17.0. The fourth-order valence-corrected chi connectivity index (χ4v) is 4.00. The SMILES string of the molecule is COc1cccc(C(=O)Nc2ccc3c(c2)OC[C@@H](C)N(C)C[C@@H](C)[C@H](OC)CN(C)C3=O)c1. The van der Waals surface area contributed by atoms with Crippen LogP contribution in [0, 0.1) is 5.92 Å². The van der Waals surface area contributed by atoms with Gasteiger partial charge in [-0.25, -0.2) is 0 Å². The topological polar surface area (TPSA) is 80.3 Å². The Morgan fingerprint density at radius 1 is 1.09 bits per heavy atom. The third kappa shape index (κ3) is 6.07. The van der Waals surface area contributed by atoms with Crippen LogP contribution < -0.4 is 14.8 Å². The fourth-order valence-electron chi connectivity index (χ4n) is 4.00. The standard InChI is InChI=1S/C26H35N3O5/c1-17-14-28(3)18(2)16-34-23-13-20(27-25(30)19-8-7-9-21(12-19)32-5)10-11-22(23)26(31)29(4)15-24(17)33-6/h7-13,17-18,24H,14-16H2,1-6H3,(H,27,30)/t17-,18-,24-/m1/s1. The Morgan fingerprint density at radius 2 is 1.85 bits per heavy atom. The average Bonchev–Trinajstić information content (AvgIpc) is 2.84. The zero-order valence-electron chi connectivity index (χ0n) is 20.8. The highest BCUT2D eigenvalue weighted by molar-refractivity contribution is 6.05. The van der Waals surface area contributed by atoms with Gasteiger partial charge in [0, 0.05) is 50.6 Å². The van der Waals surface area contributed by atoms with E-state index >= 15 is 0 Å². The number of benzene rings is 2. The van der Waals surface area contributed by atoms with E-state index in [4.69, 9.17) is 14.2 Å². The van der Waals surface area contributed by atoms with Crippen molar-refractivity contribution in [3.8, 4) is 11.5 Å². The first kappa shape index (κ1) is 25.5. The van der Waals surface area contributed by atoms with Crippen molar-refractivity contribution in [1.29, 1.82) is 0 Å². The van der Waals surface area contributed by atoms with E-state index in [0.717, 1.165) is 6.54 Å². The van der Waals surface area contributed by atoms with E-state index in [2.05, 4.69) is 31.1 Å². The molecule has 1 aliphatic rings. The van der Waals surface area contributed by atoms with Crippen molar-refractivity contribution in [3.63, 3.8) is 0 Å². The Kier molecular flexibility index (Phi) is 8.52. The van der Waals surface area contributed by atoms with Crippen LogP contribution in [-0.4, -0.2) is 81.8 Å². The van der Waals surface area contributed by atoms with Gasteiger partial charge in [-0.1, -0.05) is 13.0 Å². The highest BCUT2D eigenvalue weighted by atomic mass is 16.5. The molecular weight excluding hydrogens is 434 g/mol. The Hall–Kier alpha value is -3.10. The molecule has 3 rings (SSSR count). The second kappa shape index (κ2) is 11.4. The van der Waals surface area contributed by atoms with E-state index in [9.17, 15) is 9.59 Å². The summed E-state index contributed by atoms with van der Waals surface area (Å²) in [4.78, 5) is 29.9. The predicted octanol–water partition coefficient (Wildman–Crippen LogP) is 3.38. The van der Waals surface area contributed by atoms with E-state index in [0.29, 0.717) is 41.5 Å². The Labute approximate surface area is 201 Å². The average molecular weight is 470 g/mol. The molecule has 8 nitrogen and oxygen atoms in total. The van der Waals surface area contributed by atoms with Gasteiger partial charge >= 0.3 is 0 Å². The van der Waals surface area contributed by atoms with Crippen molar-refractivity contribution in [1.82, 2.24) is 9.80 Å². The minimum Gasteiger partial charge on any atom is -0.497 e. The molecule has 0 aromatic heterocycles. The lowest BCUT2D eigenvalue weighted by Crippen LogP contribution is -2.45. The summed E-state index contributed by atoms with van der Waals surface area (Å²) in [7, 11) is 7.06. The number of nitrogens with zero attached hydrogens (tertiary/aromatic N) is 2. The van der Waals surface area contributed by atoms with Crippen LogP contribution in [0.2, 0.25) is 0 Å². The lowest BCUT2D eigenvalue weighted by Gasteiger charge is -2.34. The number of carbonyl (C=O) groups excluding carboxylic acids is 2. The van der Waals surface area contributed by atoms with Gasteiger partial charge in [0.15, 0.2) is 0 Å². The summed E-state index contributed by atoms with van der Waals surface area (Å²) in [6, 6.07) is 12.2. The molecule has 8 heteroatoms. The third-order valence-electron chi connectivity index (χ3n) is 6.35. The zero-order valence-corrected chi connectivity index (χ0v) is 20.8. The summed E-state index contributed by atoms with van der Waals surface area (Å²) >= 11 is 0. The summed E-state index contributed by atoms with van der Waals surface area (Å²) in [6.07, 6.45) is -0.0891. The van der Waals surface area contributed by atoms with E-state index in [-0.39, 0.29) is 29.9 Å². The smallest absolute Gasteiger partial charge is 0.257 e. The molecule has 1 N–H and O–H groups in total. The molecule has 0 saturated heterocycles. The number of ether oxygens (including phenoxy) is 3. The van der Waals surface area contributed by atoms with E-state index < -0.39 is 0 Å². The third-order valence-corrected chi connectivity index (χ3v) is 6.35. The van der Waals surface area contributed by atoms with Crippen LogP contribution in [0.3, 0.4) is 0 Å². The van der Waals surface area contributed by atoms with Gasteiger partial charge in [-0.2, -0.15) is 0 Å². The molecule has 0 unspecified atom stereocenters. The van der Waals surface area contributed by atoms with Crippen molar-refractivity contribution >= 4 is 17.5 Å². The maximum atomic E-state index is 13.3. The van der Waals surface area contributed by atoms with Crippen LogP contribution in [0.25, 0.3) is 0 Å². The molecule has 2 amide bonds. The van der Waals surface area contributed by atoms with E-state index in [1.54, 1.807) is 68.6 Å². The van der Waals surface area contributed by atoms with Gasteiger partial charge in [0.05, 0.1) is 18.8 Å². The first-order valence-corrected chi connectivity index (χ1v) is 11.4. The van der Waals surface area contributed by atoms with Crippen LogP contribution in [-0.2, 0) is 4.74 Å². The molecule has 0 radical (unpaired) electrons. The highest BCUT2D eigenvalue weighted by Crippen LogP contribution is 2.27. The number of methoxy groups -OCH3 is 2. The van der Waals surface area contributed by atoms with E-state index in [1.807, 2.05) is 0 Å². The summed E-state index contributed by atoms with van der Waals surface area (Å²) in [5.41, 5.74) is 1.46. The largest absolute Gasteiger partial charge is 0.497 e. The number of likely N-dealkylation sites (N-methyl/N-ethyl adjacent to an activating group) is 2. The van der Waals surface area contributed by atoms with Gasteiger partial charge in [0.1, 0.15) is 18.1 Å². The molecule has 2 aromatic carbocycles. The zero-order chi connectivity index (χ0) is 24.8. The van der Waals surface area contributed by atoms with E-state index in [1.165, 1.54) is 0 Å². The lowest BCUT2D eigenvalue weighted by atomic mass is 10.0. The van der Waals surface area contributed by atoms with Crippen molar-refractivity contribution in [2.75, 3.05) is 53.3 Å². The number of amides is 2. The molecule has 0 spiro atoms. The van der Waals surface area contributed by atoms with Crippen LogP contribution in [0.4, 0.5) is 5.69 Å². The minimum absolute atomic E-state index is 0.0891. The first-order valence-electron chi connectivity index (χ1n) is 11.4. The Balaban J connectivity index is 1.89. The number of anilines is 1. The highest BCUT2D eigenvalue weighted by Gasteiger charge is 2.27. The van der Waals surface area contributed by atoms with Gasteiger partial charge in [-0.05, 0) is 50.2 Å². The summed E-state index contributed by atoms with van der Waals surface area (Å²) in [5, 5.41) is 2.88. The number of hydrogen-bond acceptors (Lipinski definition) is 6. The second-order valence-corrected chi connectivity index (χ2v) is 8.93. The molecular formula is C26H35N3O5. The maximum absolute atomic E-state index is 13.3. The summed E-state index contributed by atoms with van der Waals surface area (Å²) in [6.45, 7) is 5.90. The van der Waals surface area contributed by atoms with Crippen molar-refractivity contribution in [3.05, 3.63) is 53.6 Å². The number of rotatable bonds is 4. The normalized spacial score (nSPS) is 22.1. The minimum atomic E-state index is -0.277. The quantitative estimate of drug-likeness (QED) is 0.740. The molecule has 0 saturated carbocycles. The second-order valence-electron chi connectivity index (χ2n) is 8.93. The molecule has 1 aliphatic heterocycles. The van der Waals surface area contributed by atoms with Crippen LogP contribution in [0.15, 0.2) is 42.5 Å². The molecule has 0 bridgehead atoms. The van der Waals surface area contributed by atoms with Crippen molar-refractivity contribution < 1.29 is 23.8 Å². The van der Waals surface area contributed by atoms with Gasteiger partial charge in [-0.15, -0.1) is 0 Å². The van der Waals surface area contributed by atoms with Crippen LogP contribution in [0.5, 0.6) is 11.5 Å². The molecule has 1 heterocycles. The lowest BCUT2D eigenvalue weighted by molar-refractivity contribution is 0.0150. The molecule has 0 fully saturated rings. The Morgan fingerprint density at radius 3 is 2.56 bits per heavy atom. The van der Waals surface area contributed by atoms with Crippen molar-refractivity contribution in [2.24, 2.45) is 5.92 Å². The van der Waals surface area contributed by atoms with Crippen LogP contribution >= 0.6 is 0 Å². The maximum Gasteiger partial charge on any atom is 0.257 e. The fraction of sp³-hybridized carbons (Fsp3) is 0.462. The number of nitrogens with one attached hydrogen (secondary N) is 1.